The first kappa shape index (κ1) is 14.6. The van der Waals surface area contributed by atoms with Crippen molar-refractivity contribution in [2.24, 2.45) is 0 Å². The maximum absolute atomic E-state index is 5.90. The molecule has 96 valence electrons. The summed E-state index contributed by atoms with van der Waals surface area (Å²) in [7, 11) is -0.0968. The van der Waals surface area contributed by atoms with E-state index in [9.17, 15) is 0 Å². The number of hydrogen-bond donors (Lipinski definition) is 0. The van der Waals surface area contributed by atoms with Crippen LogP contribution in [0.2, 0.25) is 6.32 Å². The largest absolute Gasteiger partial charge is 0.458 e. The third-order valence-corrected chi connectivity index (χ3v) is 3.59. The molecule has 1 aliphatic heterocycles. The molecule has 0 aromatic heterocycles. The Morgan fingerprint density at radius 1 is 0.941 bits per heavy atom. The summed E-state index contributed by atoms with van der Waals surface area (Å²) in [4.78, 5) is 0. The van der Waals surface area contributed by atoms with Crippen molar-refractivity contribution < 1.29 is 9.31 Å². The lowest BCUT2D eigenvalue weighted by Gasteiger charge is -2.32. The molecule has 1 saturated heterocycles. The van der Waals surface area contributed by atoms with Gasteiger partial charge in [-0.1, -0.05) is 13.3 Å². The second kappa shape index (κ2) is 5.93. The van der Waals surface area contributed by atoms with Crippen LogP contribution in [0.4, 0.5) is 0 Å². The van der Waals surface area contributed by atoms with Crippen LogP contribution in [-0.2, 0) is 9.31 Å². The standard InChI is InChI=1S/C14H25BO2/c1-6-7-8-9-10-11-12-15-16-13(2,3)14(4,5)17-15/h6-8,11-12H2,1-5H3. The summed E-state index contributed by atoms with van der Waals surface area (Å²) in [6.45, 7) is 10.5. The van der Waals surface area contributed by atoms with Crippen LogP contribution in [0.5, 0.6) is 0 Å². The van der Waals surface area contributed by atoms with Gasteiger partial charge in [-0.25, -0.2) is 0 Å². The normalized spacial score (nSPS) is 21.1. The summed E-state index contributed by atoms with van der Waals surface area (Å²) in [5.74, 6) is 6.38. The lowest BCUT2D eigenvalue weighted by molar-refractivity contribution is 0.00578. The SMILES string of the molecule is CCCCC#CCCB1OC(C)(C)C(C)(C)O1. The Morgan fingerprint density at radius 2 is 1.47 bits per heavy atom. The average molecular weight is 236 g/mol. The van der Waals surface area contributed by atoms with Gasteiger partial charge in [0.1, 0.15) is 0 Å². The van der Waals surface area contributed by atoms with Crippen LogP contribution >= 0.6 is 0 Å². The van der Waals surface area contributed by atoms with Gasteiger partial charge in [-0.15, -0.1) is 11.8 Å². The minimum atomic E-state index is -0.215. The molecule has 0 atom stereocenters. The van der Waals surface area contributed by atoms with E-state index in [0.717, 1.165) is 19.2 Å². The van der Waals surface area contributed by atoms with E-state index in [2.05, 4.69) is 46.5 Å². The monoisotopic (exact) mass is 236 g/mol. The molecule has 0 aromatic rings. The van der Waals surface area contributed by atoms with E-state index < -0.39 is 0 Å². The van der Waals surface area contributed by atoms with Crippen LogP contribution in [0.25, 0.3) is 0 Å². The Balaban J connectivity index is 2.28. The molecule has 0 unspecified atom stereocenters. The van der Waals surface area contributed by atoms with E-state index in [0.29, 0.717) is 0 Å². The quantitative estimate of drug-likeness (QED) is 0.421. The summed E-state index contributed by atoms with van der Waals surface area (Å²) in [5.41, 5.74) is -0.430. The third kappa shape index (κ3) is 4.05. The van der Waals surface area contributed by atoms with E-state index >= 15 is 0 Å². The Hall–Kier alpha value is -0.455. The lowest BCUT2D eigenvalue weighted by Crippen LogP contribution is -2.41. The molecule has 0 spiro atoms. The number of rotatable bonds is 4. The lowest BCUT2D eigenvalue weighted by atomic mass is 9.83. The molecule has 0 bridgehead atoms. The molecule has 0 N–H and O–H groups in total. The fourth-order valence-electron chi connectivity index (χ4n) is 1.71. The van der Waals surface area contributed by atoms with E-state index in [1.165, 1.54) is 12.8 Å². The van der Waals surface area contributed by atoms with Crippen molar-refractivity contribution in [1.82, 2.24) is 0 Å². The number of unbranched alkanes of at least 4 members (excludes halogenated alkanes) is 2. The maximum Gasteiger partial charge on any atom is 0.458 e. The molecule has 0 radical (unpaired) electrons. The van der Waals surface area contributed by atoms with Gasteiger partial charge in [0, 0.05) is 12.8 Å². The van der Waals surface area contributed by atoms with Crippen LogP contribution in [0, 0.1) is 11.8 Å². The first-order valence-electron chi connectivity index (χ1n) is 6.70. The highest BCUT2D eigenvalue weighted by Gasteiger charge is 2.50. The van der Waals surface area contributed by atoms with Gasteiger partial charge in [0.05, 0.1) is 11.2 Å². The Labute approximate surface area is 107 Å². The highest BCUT2D eigenvalue weighted by atomic mass is 16.7. The second-order valence-electron chi connectivity index (χ2n) is 5.68. The van der Waals surface area contributed by atoms with E-state index in [-0.39, 0.29) is 18.3 Å². The smallest absolute Gasteiger partial charge is 0.403 e. The molecular weight excluding hydrogens is 211 g/mol. The molecule has 1 aliphatic rings. The van der Waals surface area contributed by atoms with Crippen LogP contribution in [0.1, 0.15) is 60.3 Å². The Kier molecular flexibility index (Phi) is 5.10. The van der Waals surface area contributed by atoms with E-state index in [1.54, 1.807) is 0 Å². The van der Waals surface area contributed by atoms with Crippen LogP contribution in [-0.4, -0.2) is 18.3 Å². The second-order valence-corrected chi connectivity index (χ2v) is 5.68. The Bertz CT molecular complexity index is 283. The Morgan fingerprint density at radius 3 is 2.00 bits per heavy atom. The van der Waals surface area contributed by atoms with Crippen molar-refractivity contribution in [2.75, 3.05) is 0 Å². The van der Waals surface area contributed by atoms with Crippen LogP contribution < -0.4 is 0 Å². The van der Waals surface area contributed by atoms with Crippen molar-refractivity contribution in [1.29, 1.82) is 0 Å². The third-order valence-electron chi connectivity index (χ3n) is 3.59. The molecule has 0 aliphatic carbocycles. The van der Waals surface area contributed by atoms with E-state index in [4.69, 9.17) is 9.31 Å². The van der Waals surface area contributed by atoms with Gasteiger partial charge in [-0.3, -0.25) is 0 Å². The van der Waals surface area contributed by atoms with Crippen molar-refractivity contribution in [3.05, 3.63) is 0 Å². The molecule has 1 rings (SSSR count). The van der Waals surface area contributed by atoms with Gasteiger partial charge in [0.25, 0.3) is 0 Å². The molecule has 0 amide bonds. The van der Waals surface area contributed by atoms with Crippen LogP contribution in [0.15, 0.2) is 0 Å². The molecule has 2 nitrogen and oxygen atoms in total. The van der Waals surface area contributed by atoms with Gasteiger partial charge in [-0.05, 0) is 40.4 Å². The highest BCUT2D eigenvalue weighted by Crippen LogP contribution is 2.37. The van der Waals surface area contributed by atoms with Crippen molar-refractivity contribution in [3.63, 3.8) is 0 Å². The van der Waals surface area contributed by atoms with Crippen LogP contribution in [0.3, 0.4) is 0 Å². The first-order valence-corrected chi connectivity index (χ1v) is 6.70. The van der Waals surface area contributed by atoms with Crippen molar-refractivity contribution >= 4 is 7.12 Å². The van der Waals surface area contributed by atoms with E-state index in [1.807, 2.05) is 0 Å². The predicted octanol–water partition coefficient (Wildman–Crippen LogP) is 3.66. The van der Waals surface area contributed by atoms with Gasteiger partial charge in [0.15, 0.2) is 0 Å². The molecule has 0 aromatic carbocycles. The highest BCUT2D eigenvalue weighted by molar-refractivity contribution is 6.45. The molecule has 3 heteroatoms. The van der Waals surface area contributed by atoms with Crippen molar-refractivity contribution in [2.45, 2.75) is 77.8 Å². The van der Waals surface area contributed by atoms with Gasteiger partial charge in [-0.2, -0.15) is 0 Å². The maximum atomic E-state index is 5.90. The van der Waals surface area contributed by atoms with Gasteiger partial charge < -0.3 is 9.31 Å². The zero-order valence-electron chi connectivity index (χ0n) is 11.9. The molecule has 17 heavy (non-hydrogen) atoms. The topological polar surface area (TPSA) is 18.5 Å². The average Bonchev–Trinajstić information content (AvgIpc) is 2.41. The summed E-state index contributed by atoms with van der Waals surface area (Å²) in [6.07, 6.45) is 5.15. The minimum absolute atomic E-state index is 0.0968. The zero-order valence-corrected chi connectivity index (χ0v) is 11.9. The summed E-state index contributed by atoms with van der Waals surface area (Å²) in [6, 6.07) is 0. The predicted molar refractivity (Wildman–Crippen MR) is 72.8 cm³/mol. The number of hydrogen-bond acceptors (Lipinski definition) is 2. The molecule has 1 heterocycles. The first-order chi connectivity index (χ1) is 7.89. The summed E-state index contributed by atoms with van der Waals surface area (Å²) in [5, 5.41) is 0. The fourth-order valence-corrected chi connectivity index (χ4v) is 1.71. The fraction of sp³-hybridized carbons (Fsp3) is 0.857. The summed E-state index contributed by atoms with van der Waals surface area (Å²) < 4.78 is 11.8. The summed E-state index contributed by atoms with van der Waals surface area (Å²) >= 11 is 0. The molecular formula is C14H25BO2. The zero-order chi connectivity index (χ0) is 12.9. The molecule has 1 fully saturated rings. The molecule has 0 saturated carbocycles. The van der Waals surface area contributed by atoms with Crippen molar-refractivity contribution in [3.8, 4) is 11.8 Å². The van der Waals surface area contributed by atoms with Gasteiger partial charge in [0.2, 0.25) is 0 Å². The van der Waals surface area contributed by atoms with Gasteiger partial charge >= 0.3 is 7.12 Å². The minimum Gasteiger partial charge on any atom is -0.403 e.